The van der Waals surface area contributed by atoms with E-state index < -0.39 is 0 Å². The fourth-order valence-electron chi connectivity index (χ4n) is 2.32. The van der Waals surface area contributed by atoms with Crippen molar-refractivity contribution in [1.29, 1.82) is 0 Å². The second-order valence-electron chi connectivity index (χ2n) is 5.56. The van der Waals surface area contributed by atoms with Crippen LogP contribution in [0.5, 0.6) is 5.75 Å². The SMILES string of the molecule is CN(C(=O)c1ccc(OCc2ccccc2)cc1Br)C1CC1. The number of nitrogens with zero attached hydrogens (tertiary/aromatic N) is 1. The maximum atomic E-state index is 12.4. The van der Waals surface area contributed by atoms with Gasteiger partial charge < -0.3 is 9.64 Å². The zero-order valence-corrected chi connectivity index (χ0v) is 14.0. The van der Waals surface area contributed by atoms with Crippen molar-refractivity contribution in [1.82, 2.24) is 4.90 Å². The van der Waals surface area contributed by atoms with Crippen molar-refractivity contribution < 1.29 is 9.53 Å². The molecule has 2 aromatic carbocycles. The van der Waals surface area contributed by atoms with Crippen LogP contribution in [0.2, 0.25) is 0 Å². The van der Waals surface area contributed by atoms with Gasteiger partial charge in [-0.15, -0.1) is 0 Å². The van der Waals surface area contributed by atoms with Crippen LogP contribution in [-0.2, 0) is 6.61 Å². The molecule has 114 valence electrons. The Labute approximate surface area is 139 Å². The van der Waals surface area contributed by atoms with E-state index in [2.05, 4.69) is 15.9 Å². The van der Waals surface area contributed by atoms with Crippen molar-refractivity contribution in [2.75, 3.05) is 7.05 Å². The highest BCUT2D eigenvalue weighted by molar-refractivity contribution is 9.10. The zero-order valence-electron chi connectivity index (χ0n) is 12.5. The first kappa shape index (κ1) is 15.1. The summed E-state index contributed by atoms with van der Waals surface area (Å²) in [6.45, 7) is 0.516. The highest BCUT2D eigenvalue weighted by Gasteiger charge is 2.30. The van der Waals surface area contributed by atoms with Crippen LogP contribution in [-0.4, -0.2) is 23.9 Å². The normalized spacial score (nSPS) is 13.7. The minimum atomic E-state index is 0.0592. The van der Waals surface area contributed by atoms with Gasteiger partial charge in [-0.1, -0.05) is 30.3 Å². The maximum absolute atomic E-state index is 12.4. The minimum absolute atomic E-state index is 0.0592. The van der Waals surface area contributed by atoms with E-state index in [-0.39, 0.29) is 5.91 Å². The molecule has 0 N–H and O–H groups in total. The summed E-state index contributed by atoms with van der Waals surface area (Å²) >= 11 is 3.48. The summed E-state index contributed by atoms with van der Waals surface area (Å²) < 4.78 is 6.55. The molecule has 3 nitrogen and oxygen atoms in total. The van der Waals surface area contributed by atoms with Crippen LogP contribution in [0.15, 0.2) is 53.0 Å². The Morgan fingerprint density at radius 1 is 1.23 bits per heavy atom. The average Bonchev–Trinajstić information content (AvgIpc) is 3.37. The Morgan fingerprint density at radius 2 is 1.95 bits per heavy atom. The smallest absolute Gasteiger partial charge is 0.254 e. The van der Waals surface area contributed by atoms with E-state index in [4.69, 9.17) is 4.74 Å². The van der Waals surface area contributed by atoms with Crippen LogP contribution >= 0.6 is 15.9 Å². The van der Waals surface area contributed by atoms with Gasteiger partial charge in [-0.2, -0.15) is 0 Å². The van der Waals surface area contributed by atoms with Crippen molar-refractivity contribution in [3.8, 4) is 5.75 Å². The van der Waals surface area contributed by atoms with Crippen LogP contribution in [0.4, 0.5) is 0 Å². The van der Waals surface area contributed by atoms with Crippen molar-refractivity contribution >= 4 is 21.8 Å². The summed E-state index contributed by atoms with van der Waals surface area (Å²) in [5.74, 6) is 0.810. The van der Waals surface area contributed by atoms with Crippen LogP contribution < -0.4 is 4.74 Å². The molecule has 3 rings (SSSR count). The standard InChI is InChI=1S/C18H18BrNO2/c1-20(14-7-8-14)18(21)16-10-9-15(11-17(16)19)22-12-13-5-3-2-4-6-13/h2-6,9-11,14H,7-8,12H2,1H3. The maximum Gasteiger partial charge on any atom is 0.254 e. The Bertz CT molecular complexity index is 668. The van der Waals surface area contributed by atoms with Gasteiger partial charge in [0.25, 0.3) is 5.91 Å². The van der Waals surface area contributed by atoms with Crippen molar-refractivity contribution in [2.45, 2.75) is 25.5 Å². The van der Waals surface area contributed by atoms with E-state index in [0.29, 0.717) is 18.2 Å². The molecule has 0 saturated heterocycles. The van der Waals surface area contributed by atoms with E-state index in [1.807, 2.05) is 60.5 Å². The molecule has 0 aliphatic heterocycles. The predicted octanol–water partition coefficient (Wildman–Crippen LogP) is 4.26. The highest BCUT2D eigenvalue weighted by Crippen LogP contribution is 2.30. The molecule has 22 heavy (non-hydrogen) atoms. The molecule has 0 bridgehead atoms. The van der Waals surface area contributed by atoms with Gasteiger partial charge in [0.05, 0.1) is 5.56 Å². The Kier molecular flexibility index (Phi) is 4.48. The summed E-state index contributed by atoms with van der Waals surface area (Å²) in [5, 5.41) is 0. The molecular formula is C18H18BrNO2. The number of hydrogen-bond donors (Lipinski definition) is 0. The van der Waals surface area contributed by atoms with E-state index >= 15 is 0 Å². The fraction of sp³-hybridized carbons (Fsp3) is 0.278. The second kappa shape index (κ2) is 6.53. The predicted molar refractivity (Wildman–Crippen MR) is 90.0 cm³/mol. The molecule has 4 heteroatoms. The second-order valence-corrected chi connectivity index (χ2v) is 6.42. The number of ether oxygens (including phenoxy) is 1. The molecule has 0 unspecified atom stereocenters. The Morgan fingerprint density at radius 3 is 2.59 bits per heavy atom. The van der Waals surface area contributed by atoms with Crippen molar-refractivity contribution in [3.63, 3.8) is 0 Å². The average molecular weight is 360 g/mol. The van der Waals surface area contributed by atoms with Crippen LogP contribution in [0, 0.1) is 0 Å². The molecule has 2 aromatic rings. The van der Waals surface area contributed by atoms with Gasteiger partial charge in [0.1, 0.15) is 12.4 Å². The Hall–Kier alpha value is -1.81. The number of amides is 1. The first-order valence-corrected chi connectivity index (χ1v) is 8.18. The monoisotopic (exact) mass is 359 g/mol. The third-order valence-corrected chi connectivity index (χ3v) is 4.49. The van der Waals surface area contributed by atoms with E-state index in [0.717, 1.165) is 28.6 Å². The molecule has 0 aromatic heterocycles. The fourth-order valence-corrected chi connectivity index (χ4v) is 2.84. The number of halogens is 1. The molecule has 0 radical (unpaired) electrons. The number of carbonyl (C=O) groups is 1. The molecule has 0 atom stereocenters. The van der Waals surface area contributed by atoms with Crippen molar-refractivity contribution in [3.05, 3.63) is 64.1 Å². The lowest BCUT2D eigenvalue weighted by atomic mass is 10.2. The molecule has 1 fully saturated rings. The molecule has 0 spiro atoms. The van der Waals surface area contributed by atoms with Gasteiger partial charge >= 0.3 is 0 Å². The topological polar surface area (TPSA) is 29.5 Å². The lowest BCUT2D eigenvalue weighted by molar-refractivity contribution is 0.0784. The molecule has 1 amide bonds. The lowest BCUT2D eigenvalue weighted by Crippen LogP contribution is -2.28. The number of hydrogen-bond acceptors (Lipinski definition) is 2. The van der Waals surface area contributed by atoms with Gasteiger partial charge in [-0.3, -0.25) is 4.79 Å². The summed E-state index contributed by atoms with van der Waals surface area (Å²) in [6, 6.07) is 16.0. The van der Waals surface area contributed by atoms with Gasteiger partial charge in [0.2, 0.25) is 0 Å². The summed E-state index contributed by atoms with van der Waals surface area (Å²) in [4.78, 5) is 14.2. The van der Waals surface area contributed by atoms with E-state index in [1.54, 1.807) is 0 Å². The first-order valence-electron chi connectivity index (χ1n) is 7.38. The van der Waals surface area contributed by atoms with E-state index in [1.165, 1.54) is 0 Å². The molecule has 1 aliphatic rings. The quantitative estimate of drug-likeness (QED) is 0.797. The van der Waals surface area contributed by atoms with Crippen molar-refractivity contribution in [2.24, 2.45) is 0 Å². The van der Waals surface area contributed by atoms with Crippen LogP contribution in [0.25, 0.3) is 0 Å². The molecule has 1 aliphatic carbocycles. The minimum Gasteiger partial charge on any atom is -0.489 e. The van der Waals surface area contributed by atoms with Gasteiger partial charge in [0.15, 0.2) is 0 Å². The molecule has 0 heterocycles. The number of benzene rings is 2. The summed E-state index contributed by atoms with van der Waals surface area (Å²) in [6.07, 6.45) is 2.22. The molecular weight excluding hydrogens is 342 g/mol. The summed E-state index contributed by atoms with van der Waals surface area (Å²) in [7, 11) is 1.87. The number of rotatable bonds is 5. The van der Waals surface area contributed by atoms with E-state index in [9.17, 15) is 4.79 Å². The third kappa shape index (κ3) is 3.50. The Balaban J connectivity index is 1.67. The first-order chi connectivity index (χ1) is 10.6. The van der Waals surface area contributed by atoms with Gasteiger partial charge in [-0.25, -0.2) is 0 Å². The largest absolute Gasteiger partial charge is 0.489 e. The summed E-state index contributed by atoms with van der Waals surface area (Å²) in [5.41, 5.74) is 1.80. The van der Waals surface area contributed by atoms with Gasteiger partial charge in [-0.05, 0) is 52.5 Å². The highest BCUT2D eigenvalue weighted by atomic mass is 79.9. The van der Waals surface area contributed by atoms with Crippen LogP contribution in [0.1, 0.15) is 28.8 Å². The van der Waals surface area contributed by atoms with Crippen LogP contribution in [0.3, 0.4) is 0 Å². The molecule has 1 saturated carbocycles. The lowest BCUT2D eigenvalue weighted by Gasteiger charge is -2.17. The van der Waals surface area contributed by atoms with Gasteiger partial charge in [0, 0.05) is 17.6 Å². The zero-order chi connectivity index (χ0) is 15.5. The third-order valence-electron chi connectivity index (χ3n) is 3.83. The number of carbonyl (C=O) groups excluding carboxylic acids is 1.